The molecule has 3 nitrogen and oxygen atoms in total. The first-order chi connectivity index (χ1) is 7.74. The second kappa shape index (κ2) is 5.15. The fraction of sp³-hybridized carbons (Fsp3) is 0.750. The van der Waals surface area contributed by atoms with Crippen LogP contribution in [0, 0.1) is 12.8 Å². The summed E-state index contributed by atoms with van der Waals surface area (Å²) in [6.07, 6.45) is 3.97. The predicted molar refractivity (Wildman–Crippen MR) is 70.0 cm³/mol. The third-order valence-corrected chi connectivity index (χ3v) is 4.56. The summed E-state index contributed by atoms with van der Waals surface area (Å²) in [7, 11) is 0. The van der Waals surface area contributed by atoms with E-state index < -0.39 is 0 Å². The zero-order chi connectivity index (χ0) is 11.5. The number of hydrogen-bond donors (Lipinski definition) is 1. The van der Waals surface area contributed by atoms with E-state index in [2.05, 4.69) is 23.7 Å². The predicted octanol–water partition coefficient (Wildman–Crippen LogP) is 2.54. The van der Waals surface area contributed by atoms with E-state index in [1.54, 1.807) is 11.3 Å². The lowest BCUT2D eigenvalue weighted by atomic mass is 10.0. The summed E-state index contributed by atoms with van der Waals surface area (Å²) in [6.45, 7) is 7.30. The average molecular weight is 239 g/mol. The minimum Gasteiger partial charge on any atom is -0.348 e. The van der Waals surface area contributed by atoms with Gasteiger partial charge in [0, 0.05) is 24.5 Å². The fourth-order valence-electron chi connectivity index (χ4n) is 2.39. The van der Waals surface area contributed by atoms with Crippen LogP contribution in [0.3, 0.4) is 0 Å². The number of nitrogens with two attached hydrogens (primary N) is 1. The summed E-state index contributed by atoms with van der Waals surface area (Å²) in [6, 6.07) is 0. The number of aromatic nitrogens is 1. The monoisotopic (exact) mass is 239 g/mol. The molecule has 0 spiro atoms. The van der Waals surface area contributed by atoms with Crippen molar-refractivity contribution in [1.82, 2.24) is 4.98 Å². The Balaban J connectivity index is 2.02. The lowest BCUT2D eigenvalue weighted by Crippen LogP contribution is -2.19. The van der Waals surface area contributed by atoms with Crippen LogP contribution in [-0.2, 0) is 6.54 Å². The maximum atomic E-state index is 5.69. The molecule has 0 aliphatic carbocycles. The number of nitrogens with zero attached hydrogens (tertiary/aromatic N) is 2. The first-order valence-corrected chi connectivity index (χ1v) is 6.97. The lowest BCUT2D eigenvalue weighted by molar-refractivity contribution is 0.530. The Morgan fingerprint density at radius 3 is 3.00 bits per heavy atom. The third-order valence-electron chi connectivity index (χ3n) is 3.32. The summed E-state index contributed by atoms with van der Waals surface area (Å²) in [5.74, 6) is 0.871. The molecule has 0 aromatic carbocycles. The van der Waals surface area contributed by atoms with Gasteiger partial charge in [-0.25, -0.2) is 4.98 Å². The summed E-state index contributed by atoms with van der Waals surface area (Å²) >= 11 is 1.77. The van der Waals surface area contributed by atoms with E-state index in [4.69, 9.17) is 5.73 Å². The molecule has 0 bridgehead atoms. The molecule has 1 aliphatic rings. The van der Waals surface area contributed by atoms with Crippen LogP contribution in [0.2, 0.25) is 0 Å². The number of anilines is 1. The van der Waals surface area contributed by atoms with Crippen LogP contribution < -0.4 is 10.6 Å². The van der Waals surface area contributed by atoms with Gasteiger partial charge < -0.3 is 10.6 Å². The van der Waals surface area contributed by atoms with E-state index in [-0.39, 0.29) is 0 Å². The SMILES string of the molecule is CCCC1CCN(c2nc(C)c(CN)s2)C1. The molecule has 1 atom stereocenters. The van der Waals surface area contributed by atoms with E-state index >= 15 is 0 Å². The molecule has 1 aromatic heterocycles. The van der Waals surface area contributed by atoms with Gasteiger partial charge in [0.2, 0.25) is 0 Å². The van der Waals surface area contributed by atoms with Crippen LogP contribution in [0.15, 0.2) is 0 Å². The molecule has 0 amide bonds. The first-order valence-electron chi connectivity index (χ1n) is 6.16. The highest BCUT2D eigenvalue weighted by Gasteiger charge is 2.24. The van der Waals surface area contributed by atoms with Crippen molar-refractivity contribution in [2.75, 3.05) is 18.0 Å². The van der Waals surface area contributed by atoms with E-state index in [1.807, 2.05) is 0 Å². The zero-order valence-electron chi connectivity index (χ0n) is 10.2. The van der Waals surface area contributed by atoms with Gasteiger partial charge in [0.1, 0.15) is 0 Å². The highest BCUT2D eigenvalue weighted by Crippen LogP contribution is 2.31. The largest absolute Gasteiger partial charge is 0.348 e. The molecule has 1 fully saturated rings. The van der Waals surface area contributed by atoms with Crippen LogP contribution in [0.25, 0.3) is 0 Å². The maximum absolute atomic E-state index is 5.69. The van der Waals surface area contributed by atoms with Crippen LogP contribution in [0.4, 0.5) is 5.13 Å². The van der Waals surface area contributed by atoms with Gasteiger partial charge in [-0.1, -0.05) is 13.3 Å². The molecule has 4 heteroatoms. The fourth-order valence-corrected chi connectivity index (χ4v) is 3.36. The van der Waals surface area contributed by atoms with Crippen molar-refractivity contribution in [1.29, 1.82) is 0 Å². The second-order valence-electron chi connectivity index (χ2n) is 4.60. The summed E-state index contributed by atoms with van der Waals surface area (Å²) in [5.41, 5.74) is 6.80. The highest BCUT2D eigenvalue weighted by molar-refractivity contribution is 7.15. The van der Waals surface area contributed by atoms with Gasteiger partial charge in [0.15, 0.2) is 5.13 Å². The Bertz CT molecular complexity index is 348. The first kappa shape index (κ1) is 11.9. The topological polar surface area (TPSA) is 42.2 Å². The molecule has 2 rings (SSSR count). The van der Waals surface area contributed by atoms with Crippen molar-refractivity contribution in [2.45, 2.75) is 39.7 Å². The van der Waals surface area contributed by atoms with Crippen molar-refractivity contribution >= 4 is 16.5 Å². The van der Waals surface area contributed by atoms with Gasteiger partial charge in [-0.15, -0.1) is 11.3 Å². The smallest absolute Gasteiger partial charge is 0.185 e. The molecule has 1 aromatic rings. The third kappa shape index (κ3) is 2.38. The molecular weight excluding hydrogens is 218 g/mol. The van der Waals surface area contributed by atoms with Gasteiger partial charge in [-0.05, 0) is 25.7 Å². The minimum atomic E-state index is 0.621. The summed E-state index contributed by atoms with van der Waals surface area (Å²) < 4.78 is 0. The Morgan fingerprint density at radius 1 is 1.56 bits per heavy atom. The number of aryl methyl sites for hydroxylation is 1. The molecule has 2 N–H and O–H groups in total. The molecule has 90 valence electrons. The van der Waals surface area contributed by atoms with E-state index in [0.717, 1.165) is 11.6 Å². The second-order valence-corrected chi connectivity index (χ2v) is 5.66. The van der Waals surface area contributed by atoms with Gasteiger partial charge in [0.05, 0.1) is 5.69 Å². The van der Waals surface area contributed by atoms with Gasteiger partial charge in [-0.2, -0.15) is 0 Å². The molecule has 0 radical (unpaired) electrons. The minimum absolute atomic E-state index is 0.621. The lowest BCUT2D eigenvalue weighted by Gasteiger charge is -2.14. The Morgan fingerprint density at radius 2 is 2.38 bits per heavy atom. The van der Waals surface area contributed by atoms with Gasteiger partial charge in [0.25, 0.3) is 0 Å². The van der Waals surface area contributed by atoms with Crippen molar-refractivity contribution < 1.29 is 0 Å². The maximum Gasteiger partial charge on any atom is 0.185 e. The Labute approximate surface area is 102 Å². The van der Waals surface area contributed by atoms with E-state index in [0.29, 0.717) is 6.54 Å². The van der Waals surface area contributed by atoms with Crippen molar-refractivity contribution in [3.63, 3.8) is 0 Å². The van der Waals surface area contributed by atoms with Gasteiger partial charge >= 0.3 is 0 Å². The highest BCUT2D eigenvalue weighted by atomic mass is 32.1. The van der Waals surface area contributed by atoms with Crippen molar-refractivity contribution in [3.8, 4) is 0 Å². The number of thiazole rings is 1. The molecule has 1 saturated heterocycles. The van der Waals surface area contributed by atoms with E-state index in [9.17, 15) is 0 Å². The summed E-state index contributed by atoms with van der Waals surface area (Å²) in [5, 5.41) is 1.18. The normalized spacial score (nSPS) is 20.7. The standard InChI is InChI=1S/C12H21N3S/c1-3-4-10-5-6-15(8-10)12-14-9(2)11(7-13)16-12/h10H,3-8,13H2,1-2H3. The van der Waals surface area contributed by atoms with Crippen LogP contribution in [0.1, 0.15) is 36.8 Å². The molecule has 2 heterocycles. The molecule has 1 aliphatic heterocycles. The Hall–Kier alpha value is -0.610. The van der Waals surface area contributed by atoms with Gasteiger partial charge in [-0.3, -0.25) is 0 Å². The quantitative estimate of drug-likeness (QED) is 0.878. The van der Waals surface area contributed by atoms with Crippen molar-refractivity contribution in [3.05, 3.63) is 10.6 Å². The average Bonchev–Trinajstić information content (AvgIpc) is 2.85. The van der Waals surface area contributed by atoms with E-state index in [1.165, 1.54) is 42.4 Å². The molecule has 16 heavy (non-hydrogen) atoms. The molecular formula is C12H21N3S. The van der Waals surface area contributed by atoms with Crippen molar-refractivity contribution in [2.24, 2.45) is 11.7 Å². The van der Waals surface area contributed by atoms with Crippen LogP contribution in [-0.4, -0.2) is 18.1 Å². The van der Waals surface area contributed by atoms with Crippen LogP contribution in [0.5, 0.6) is 0 Å². The summed E-state index contributed by atoms with van der Waals surface area (Å²) in [4.78, 5) is 8.28. The molecule has 1 unspecified atom stereocenters. The molecule has 0 saturated carbocycles. The van der Waals surface area contributed by atoms with Crippen LogP contribution >= 0.6 is 11.3 Å². The number of hydrogen-bond acceptors (Lipinski definition) is 4. The number of rotatable bonds is 4. The Kier molecular flexibility index (Phi) is 3.82. The zero-order valence-corrected chi connectivity index (χ0v) is 11.0.